The Hall–Kier alpha value is -1.44. The van der Waals surface area contributed by atoms with Crippen LogP contribution in [0.2, 0.25) is 0 Å². The lowest BCUT2D eigenvalue weighted by Crippen LogP contribution is -2.37. The molecule has 122 valence electrons. The SMILES string of the molecule is COC(=O)c1cccc(S(=O)(=O)NCCN2CCCCC2)c1. The average Bonchev–Trinajstić information content (AvgIpc) is 2.55. The summed E-state index contributed by atoms with van der Waals surface area (Å²) in [5.74, 6) is -0.551. The van der Waals surface area contributed by atoms with Crippen LogP contribution in [0, 0.1) is 0 Å². The van der Waals surface area contributed by atoms with E-state index >= 15 is 0 Å². The van der Waals surface area contributed by atoms with E-state index in [0.29, 0.717) is 13.1 Å². The van der Waals surface area contributed by atoms with Crippen LogP contribution in [0.1, 0.15) is 29.6 Å². The molecule has 1 N–H and O–H groups in total. The lowest BCUT2D eigenvalue weighted by molar-refractivity contribution is 0.0600. The van der Waals surface area contributed by atoms with Crippen LogP contribution < -0.4 is 4.72 Å². The number of sulfonamides is 1. The van der Waals surface area contributed by atoms with Gasteiger partial charge in [-0.25, -0.2) is 17.9 Å². The highest BCUT2D eigenvalue weighted by atomic mass is 32.2. The van der Waals surface area contributed by atoms with Crippen LogP contribution in [0.4, 0.5) is 0 Å². The first-order valence-corrected chi connectivity index (χ1v) is 8.91. The van der Waals surface area contributed by atoms with E-state index in [2.05, 4.69) is 14.4 Å². The Bertz CT molecular complexity index is 610. The number of hydrogen-bond donors (Lipinski definition) is 1. The van der Waals surface area contributed by atoms with Crippen molar-refractivity contribution in [3.8, 4) is 0 Å². The Morgan fingerprint density at radius 2 is 2.00 bits per heavy atom. The zero-order valence-corrected chi connectivity index (χ0v) is 13.6. The number of ether oxygens (including phenoxy) is 1. The maximum absolute atomic E-state index is 12.3. The molecule has 0 radical (unpaired) electrons. The first-order valence-electron chi connectivity index (χ1n) is 7.43. The summed E-state index contributed by atoms with van der Waals surface area (Å²) in [6.07, 6.45) is 3.60. The smallest absolute Gasteiger partial charge is 0.337 e. The van der Waals surface area contributed by atoms with Gasteiger partial charge in [0.2, 0.25) is 10.0 Å². The van der Waals surface area contributed by atoms with Gasteiger partial charge >= 0.3 is 5.97 Å². The maximum atomic E-state index is 12.3. The lowest BCUT2D eigenvalue weighted by Gasteiger charge is -2.26. The molecule has 22 heavy (non-hydrogen) atoms. The van der Waals surface area contributed by atoms with Crippen LogP contribution in [0.3, 0.4) is 0 Å². The van der Waals surface area contributed by atoms with Gasteiger partial charge in [0, 0.05) is 13.1 Å². The molecule has 0 bridgehead atoms. The number of hydrogen-bond acceptors (Lipinski definition) is 5. The molecule has 2 rings (SSSR count). The Morgan fingerprint density at radius 3 is 2.68 bits per heavy atom. The standard InChI is InChI=1S/C15H22N2O4S/c1-21-15(18)13-6-5-7-14(12-13)22(19,20)16-8-11-17-9-3-2-4-10-17/h5-7,12,16H,2-4,8-11H2,1H3. The third kappa shape index (κ3) is 4.53. The van der Waals surface area contributed by atoms with Crippen molar-refractivity contribution in [2.75, 3.05) is 33.3 Å². The van der Waals surface area contributed by atoms with Crippen LogP contribution in [0.5, 0.6) is 0 Å². The minimum absolute atomic E-state index is 0.0778. The molecule has 1 saturated heterocycles. The molecule has 0 spiro atoms. The van der Waals surface area contributed by atoms with Gasteiger partial charge in [-0.15, -0.1) is 0 Å². The molecule has 1 fully saturated rings. The Balaban J connectivity index is 1.96. The molecule has 1 aromatic rings. The number of nitrogens with one attached hydrogen (secondary N) is 1. The first-order chi connectivity index (χ1) is 10.5. The highest BCUT2D eigenvalue weighted by Crippen LogP contribution is 2.12. The summed E-state index contributed by atoms with van der Waals surface area (Å²) in [5, 5.41) is 0. The summed E-state index contributed by atoms with van der Waals surface area (Å²) in [5.41, 5.74) is 0.224. The second-order valence-corrected chi connectivity index (χ2v) is 7.09. The lowest BCUT2D eigenvalue weighted by atomic mass is 10.1. The van der Waals surface area contributed by atoms with Gasteiger partial charge in [-0.2, -0.15) is 0 Å². The van der Waals surface area contributed by atoms with Crippen molar-refractivity contribution in [2.45, 2.75) is 24.2 Å². The molecule has 0 atom stereocenters. The predicted molar refractivity (Wildman–Crippen MR) is 83.3 cm³/mol. The van der Waals surface area contributed by atoms with Crippen molar-refractivity contribution in [3.63, 3.8) is 0 Å². The van der Waals surface area contributed by atoms with Gasteiger partial charge < -0.3 is 9.64 Å². The molecule has 7 heteroatoms. The van der Waals surface area contributed by atoms with Gasteiger partial charge in [-0.1, -0.05) is 12.5 Å². The molecular weight excluding hydrogens is 304 g/mol. The molecule has 0 aromatic heterocycles. The zero-order chi connectivity index (χ0) is 16.0. The molecule has 6 nitrogen and oxygen atoms in total. The molecular formula is C15H22N2O4S. The van der Waals surface area contributed by atoms with Gasteiger partial charge in [0.1, 0.15) is 0 Å². The van der Waals surface area contributed by atoms with Crippen LogP contribution in [-0.4, -0.2) is 52.6 Å². The fourth-order valence-electron chi connectivity index (χ4n) is 2.51. The average molecular weight is 326 g/mol. The predicted octanol–water partition coefficient (Wildman–Crippen LogP) is 1.24. The second kappa shape index (κ2) is 7.71. The number of esters is 1. The Kier molecular flexibility index (Phi) is 5.93. The summed E-state index contributed by atoms with van der Waals surface area (Å²) in [7, 11) is -2.35. The minimum Gasteiger partial charge on any atom is -0.465 e. The van der Waals surface area contributed by atoms with E-state index in [1.807, 2.05) is 0 Å². The fraction of sp³-hybridized carbons (Fsp3) is 0.533. The summed E-state index contributed by atoms with van der Waals surface area (Å²) < 4.78 is 31.7. The normalized spacial score (nSPS) is 16.4. The van der Waals surface area contributed by atoms with Gasteiger partial charge in [0.15, 0.2) is 0 Å². The quantitative estimate of drug-likeness (QED) is 0.796. The van der Waals surface area contributed by atoms with Gasteiger partial charge in [-0.05, 0) is 44.1 Å². The van der Waals surface area contributed by atoms with E-state index in [4.69, 9.17) is 0 Å². The highest BCUT2D eigenvalue weighted by molar-refractivity contribution is 7.89. The molecule has 0 amide bonds. The molecule has 0 unspecified atom stereocenters. The van der Waals surface area contributed by atoms with Gasteiger partial charge in [0.05, 0.1) is 17.6 Å². The van der Waals surface area contributed by atoms with E-state index in [9.17, 15) is 13.2 Å². The number of methoxy groups -OCH3 is 1. The van der Waals surface area contributed by atoms with Crippen molar-refractivity contribution < 1.29 is 17.9 Å². The van der Waals surface area contributed by atoms with E-state index in [0.717, 1.165) is 13.1 Å². The zero-order valence-electron chi connectivity index (χ0n) is 12.7. The number of likely N-dealkylation sites (tertiary alicyclic amines) is 1. The number of rotatable bonds is 6. The van der Waals surface area contributed by atoms with E-state index in [1.165, 1.54) is 50.6 Å². The topological polar surface area (TPSA) is 75.7 Å². The fourth-order valence-corrected chi connectivity index (χ4v) is 3.58. The summed E-state index contributed by atoms with van der Waals surface area (Å²) in [4.78, 5) is 13.8. The van der Waals surface area contributed by atoms with Crippen molar-refractivity contribution in [2.24, 2.45) is 0 Å². The van der Waals surface area contributed by atoms with Crippen LogP contribution in [-0.2, 0) is 14.8 Å². The number of piperidine rings is 1. The first kappa shape index (κ1) is 16.9. The Morgan fingerprint density at radius 1 is 1.27 bits per heavy atom. The maximum Gasteiger partial charge on any atom is 0.337 e. The van der Waals surface area contributed by atoms with Crippen molar-refractivity contribution in [1.82, 2.24) is 9.62 Å². The molecule has 1 aliphatic heterocycles. The minimum atomic E-state index is -3.61. The van der Waals surface area contributed by atoms with Crippen LogP contribution in [0.15, 0.2) is 29.2 Å². The van der Waals surface area contributed by atoms with Gasteiger partial charge in [-0.3, -0.25) is 0 Å². The second-order valence-electron chi connectivity index (χ2n) is 5.32. The third-order valence-corrected chi connectivity index (χ3v) is 5.19. The number of nitrogens with zero attached hydrogens (tertiary/aromatic N) is 1. The van der Waals surface area contributed by atoms with E-state index < -0.39 is 16.0 Å². The van der Waals surface area contributed by atoms with Crippen molar-refractivity contribution in [3.05, 3.63) is 29.8 Å². The molecule has 1 aromatic carbocycles. The molecule has 1 aliphatic rings. The van der Waals surface area contributed by atoms with Crippen molar-refractivity contribution in [1.29, 1.82) is 0 Å². The monoisotopic (exact) mass is 326 g/mol. The van der Waals surface area contributed by atoms with Gasteiger partial charge in [0.25, 0.3) is 0 Å². The molecule has 0 saturated carbocycles. The van der Waals surface area contributed by atoms with E-state index in [-0.39, 0.29) is 10.5 Å². The number of benzene rings is 1. The molecule has 1 heterocycles. The number of carbonyl (C=O) groups is 1. The van der Waals surface area contributed by atoms with E-state index in [1.54, 1.807) is 0 Å². The Labute approximate surface area is 131 Å². The third-order valence-electron chi connectivity index (χ3n) is 3.73. The number of carbonyl (C=O) groups excluding carboxylic acids is 1. The summed E-state index contributed by atoms with van der Waals surface area (Å²) in [6.45, 7) is 3.12. The summed E-state index contributed by atoms with van der Waals surface area (Å²) in [6, 6.07) is 5.86. The van der Waals surface area contributed by atoms with Crippen LogP contribution in [0.25, 0.3) is 0 Å². The molecule has 0 aliphatic carbocycles. The highest BCUT2D eigenvalue weighted by Gasteiger charge is 2.17. The largest absolute Gasteiger partial charge is 0.465 e. The summed E-state index contributed by atoms with van der Waals surface area (Å²) >= 11 is 0. The van der Waals surface area contributed by atoms with Crippen molar-refractivity contribution >= 4 is 16.0 Å². The van der Waals surface area contributed by atoms with Crippen LogP contribution >= 0.6 is 0 Å².